The topological polar surface area (TPSA) is 27.7 Å². The number of hydrogen-bond acceptors (Lipinski definition) is 3. The van der Waals surface area contributed by atoms with Crippen LogP contribution >= 0.6 is 0 Å². The molecular weight excluding hydrogens is 220 g/mol. The van der Waals surface area contributed by atoms with Gasteiger partial charge in [0.15, 0.2) is 0 Å². The van der Waals surface area contributed by atoms with E-state index in [0.717, 1.165) is 12.0 Å². The molecule has 0 aliphatic rings. The number of hydrogen-bond donors (Lipinski definition) is 0. The fourth-order valence-corrected chi connectivity index (χ4v) is 2.67. The van der Waals surface area contributed by atoms with Crippen LogP contribution in [-0.4, -0.2) is 23.0 Å². The maximum atomic E-state index is 5.97. The highest BCUT2D eigenvalue weighted by molar-refractivity contribution is 6.59. The zero-order chi connectivity index (χ0) is 12.0. The minimum absolute atomic E-state index is 0.0396. The molecule has 16 heavy (non-hydrogen) atoms. The molecule has 0 saturated carbocycles. The van der Waals surface area contributed by atoms with Crippen LogP contribution in [0, 0.1) is 0 Å². The highest BCUT2D eigenvalue weighted by Gasteiger charge is 2.35. The van der Waals surface area contributed by atoms with Crippen LogP contribution in [0.1, 0.15) is 25.0 Å². The molecule has 1 rings (SSSR count). The van der Waals surface area contributed by atoms with E-state index in [1.807, 2.05) is 24.7 Å². The SMILES string of the molecule is CCC(O[Si](C)(OC)OC)c1ccccc1. The van der Waals surface area contributed by atoms with Gasteiger partial charge in [-0.25, -0.2) is 0 Å². The van der Waals surface area contributed by atoms with E-state index >= 15 is 0 Å². The van der Waals surface area contributed by atoms with Gasteiger partial charge in [-0.2, -0.15) is 0 Å². The second-order valence-electron chi connectivity index (χ2n) is 3.70. The highest BCUT2D eigenvalue weighted by Crippen LogP contribution is 2.25. The third-order valence-corrected chi connectivity index (χ3v) is 4.84. The van der Waals surface area contributed by atoms with E-state index in [1.54, 1.807) is 14.2 Å². The first-order valence-corrected chi connectivity index (χ1v) is 7.70. The van der Waals surface area contributed by atoms with Crippen molar-refractivity contribution in [2.24, 2.45) is 0 Å². The maximum absolute atomic E-state index is 5.97. The average Bonchev–Trinajstić information content (AvgIpc) is 2.36. The quantitative estimate of drug-likeness (QED) is 0.715. The Balaban J connectivity index is 2.77. The van der Waals surface area contributed by atoms with Gasteiger partial charge in [0, 0.05) is 20.8 Å². The van der Waals surface area contributed by atoms with Crippen molar-refractivity contribution in [2.45, 2.75) is 26.0 Å². The van der Waals surface area contributed by atoms with Crippen LogP contribution in [0.3, 0.4) is 0 Å². The molecule has 0 bridgehead atoms. The molecule has 0 fully saturated rings. The maximum Gasteiger partial charge on any atom is 0.497 e. The molecule has 3 nitrogen and oxygen atoms in total. The van der Waals surface area contributed by atoms with Gasteiger partial charge in [-0.05, 0) is 12.0 Å². The first-order chi connectivity index (χ1) is 7.65. The molecule has 0 saturated heterocycles. The van der Waals surface area contributed by atoms with Gasteiger partial charge in [0.2, 0.25) is 0 Å². The molecule has 1 atom stereocenters. The summed E-state index contributed by atoms with van der Waals surface area (Å²) in [5.74, 6) is 0. The van der Waals surface area contributed by atoms with Crippen LogP contribution in [0.15, 0.2) is 30.3 Å². The van der Waals surface area contributed by atoms with Crippen molar-refractivity contribution in [1.29, 1.82) is 0 Å². The summed E-state index contributed by atoms with van der Waals surface area (Å²) in [6.45, 7) is 4.00. The van der Waals surface area contributed by atoms with Crippen molar-refractivity contribution in [3.8, 4) is 0 Å². The first kappa shape index (κ1) is 13.4. The molecular formula is C12H20O3Si. The molecule has 0 heterocycles. The van der Waals surface area contributed by atoms with E-state index in [4.69, 9.17) is 13.3 Å². The van der Waals surface area contributed by atoms with Gasteiger partial charge in [0.25, 0.3) is 0 Å². The Morgan fingerprint density at radius 3 is 2.12 bits per heavy atom. The Kier molecular flexibility index (Phi) is 5.14. The summed E-state index contributed by atoms with van der Waals surface area (Å²) in [6.07, 6.45) is 0.942. The lowest BCUT2D eigenvalue weighted by atomic mass is 10.1. The van der Waals surface area contributed by atoms with Gasteiger partial charge < -0.3 is 13.3 Å². The lowest BCUT2D eigenvalue weighted by Crippen LogP contribution is -2.41. The van der Waals surface area contributed by atoms with E-state index in [9.17, 15) is 0 Å². The minimum atomic E-state index is -2.46. The fraction of sp³-hybridized carbons (Fsp3) is 0.500. The van der Waals surface area contributed by atoms with Crippen molar-refractivity contribution >= 4 is 8.80 Å². The van der Waals surface area contributed by atoms with Crippen LogP contribution < -0.4 is 0 Å². The molecule has 0 aromatic heterocycles. The Morgan fingerprint density at radius 1 is 1.12 bits per heavy atom. The summed E-state index contributed by atoms with van der Waals surface area (Å²) >= 11 is 0. The van der Waals surface area contributed by atoms with E-state index in [0.29, 0.717) is 0 Å². The Morgan fingerprint density at radius 2 is 1.69 bits per heavy atom. The van der Waals surface area contributed by atoms with Crippen LogP contribution in [0.25, 0.3) is 0 Å². The van der Waals surface area contributed by atoms with Gasteiger partial charge in [0.05, 0.1) is 6.10 Å². The summed E-state index contributed by atoms with van der Waals surface area (Å²) in [4.78, 5) is 0. The van der Waals surface area contributed by atoms with E-state index in [-0.39, 0.29) is 6.10 Å². The molecule has 0 aliphatic carbocycles. The van der Waals surface area contributed by atoms with Crippen LogP contribution in [-0.2, 0) is 13.3 Å². The molecule has 1 unspecified atom stereocenters. The van der Waals surface area contributed by atoms with Crippen LogP contribution in [0.5, 0.6) is 0 Å². The summed E-state index contributed by atoms with van der Waals surface area (Å²) in [5.41, 5.74) is 1.16. The largest absolute Gasteiger partial charge is 0.497 e. The van der Waals surface area contributed by atoms with Crippen LogP contribution in [0.4, 0.5) is 0 Å². The third kappa shape index (κ3) is 3.42. The van der Waals surface area contributed by atoms with Crippen LogP contribution in [0.2, 0.25) is 6.55 Å². The highest BCUT2D eigenvalue weighted by atomic mass is 28.4. The second kappa shape index (κ2) is 6.15. The molecule has 0 N–H and O–H groups in total. The van der Waals surface area contributed by atoms with Crippen molar-refractivity contribution in [2.75, 3.05) is 14.2 Å². The monoisotopic (exact) mass is 240 g/mol. The fourth-order valence-electron chi connectivity index (χ4n) is 1.49. The summed E-state index contributed by atoms with van der Waals surface area (Å²) in [6, 6.07) is 10.2. The molecule has 0 radical (unpaired) electrons. The van der Waals surface area contributed by atoms with E-state index < -0.39 is 8.80 Å². The molecule has 90 valence electrons. The van der Waals surface area contributed by atoms with Gasteiger partial charge in [-0.1, -0.05) is 37.3 Å². The van der Waals surface area contributed by atoms with E-state index in [2.05, 4.69) is 19.1 Å². The van der Waals surface area contributed by atoms with Crippen molar-refractivity contribution in [3.05, 3.63) is 35.9 Å². The Bertz CT molecular complexity index is 298. The molecule has 1 aromatic carbocycles. The van der Waals surface area contributed by atoms with E-state index in [1.165, 1.54) is 0 Å². The Labute approximate surface area is 98.7 Å². The standard InChI is InChI=1S/C12H20O3Si/c1-5-12(11-9-7-6-8-10-11)15-16(4,13-2)14-3/h6-10,12H,5H2,1-4H3. The van der Waals surface area contributed by atoms with Crippen molar-refractivity contribution in [3.63, 3.8) is 0 Å². The number of rotatable bonds is 6. The van der Waals surface area contributed by atoms with Gasteiger partial charge in [-0.15, -0.1) is 0 Å². The first-order valence-electron chi connectivity index (χ1n) is 5.48. The molecule has 0 spiro atoms. The average molecular weight is 240 g/mol. The van der Waals surface area contributed by atoms with Gasteiger partial charge >= 0.3 is 8.80 Å². The zero-order valence-electron chi connectivity index (χ0n) is 10.4. The Hall–Kier alpha value is -0.683. The summed E-state index contributed by atoms with van der Waals surface area (Å²) in [5, 5.41) is 0. The molecule has 0 amide bonds. The van der Waals surface area contributed by atoms with Gasteiger partial charge in [0.1, 0.15) is 0 Å². The summed E-state index contributed by atoms with van der Waals surface area (Å²) < 4.78 is 16.6. The minimum Gasteiger partial charge on any atom is -0.377 e. The second-order valence-corrected chi connectivity index (χ2v) is 6.47. The molecule has 4 heteroatoms. The molecule has 0 aliphatic heterocycles. The molecule has 1 aromatic rings. The zero-order valence-corrected chi connectivity index (χ0v) is 11.4. The number of benzene rings is 1. The third-order valence-electron chi connectivity index (χ3n) is 2.64. The smallest absolute Gasteiger partial charge is 0.377 e. The normalized spacial score (nSPS) is 13.8. The lowest BCUT2D eigenvalue weighted by molar-refractivity contribution is 0.0586. The predicted octanol–water partition coefficient (Wildman–Crippen LogP) is 3.02. The van der Waals surface area contributed by atoms with Crippen molar-refractivity contribution in [1.82, 2.24) is 0 Å². The lowest BCUT2D eigenvalue weighted by Gasteiger charge is -2.28. The predicted molar refractivity (Wildman–Crippen MR) is 66.2 cm³/mol. The van der Waals surface area contributed by atoms with Crippen molar-refractivity contribution < 1.29 is 13.3 Å². The van der Waals surface area contributed by atoms with Gasteiger partial charge in [-0.3, -0.25) is 0 Å². The summed E-state index contributed by atoms with van der Waals surface area (Å²) in [7, 11) is 0.801.